The van der Waals surface area contributed by atoms with E-state index < -0.39 is 23.0 Å². The van der Waals surface area contributed by atoms with Crippen LogP contribution in [-0.4, -0.2) is 9.55 Å². The second-order valence-electron chi connectivity index (χ2n) is 3.35. The van der Waals surface area contributed by atoms with E-state index in [1.54, 1.807) is 4.98 Å². The molecule has 4 nitrogen and oxygen atoms in total. The molecule has 0 bridgehead atoms. The molecule has 0 aliphatic carbocycles. The third-order valence-corrected chi connectivity index (χ3v) is 2.07. The molecule has 0 radical (unpaired) electrons. The van der Waals surface area contributed by atoms with Gasteiger partial charge < -0.3 is 0 Å². The molecule has 1 aromatic rings. The fourth-order valence-corrected chi connectivity index (χ4v) is 1.21. The molecule has 1 aromatic heterocycles. The van der Waals surface area contributed by atoms with Gasteiger partial charge in [-0.1, -0.05) is 13.3 Å². The van der Waals surface area contributed by atoms with Crippen molar-refractivity contribution in [2.75, 3.05) is 0 Å². The number of halogens is 3. The molecule has 0 fully saturated rings. The Morgan fingerprint density at radius 3 is 2.50 bits per heavy atom. The second kappa shape index (κ2) is 4.54. The Labute approximate surface area is 88.7 Å². The summed E-state index contributed by atoms with van der Waals surface area (Å²) in [6.45, 7) is 2.01. The first kappa shape index (κ1) is 12.5. The highest BCUT2D eigenvalue weighted by molar-refractivity contribution is 5.08. The first-order valence-corrected chi connectivity index (χ1v) is 4.77. The summed E-state index contributed by atoms with van der Waals surface area (Å²) >= 11 is 0. The zero-order valence-corrected chi connectivity index (χ0v) is 8.60. The predicted octanol–water partition coefficient (Wildman–Crippen LogP) is 1.36. The molecule has 0 spiro atoms. The van der Waals surface area contributed by atoms with Crippen LogP contribution in [0.3, 0.4) is 0 Å². The van der Waals surface area contributed by atoms with Crippen LogP contribution in [0.15, 0.2) is 15.8 Å². The van der Waals surface area contributed by atoms with Gasteiger partial charge in [-0.15, -0.1) is 0 Å². The predicted molar refractivity (Wildman–Crippen MR) is 51.2 cm³/mol. The first-order valence-electron chi connectivity index (χ1n) is 4.77. The number of hydrogen-bond donors (Lipinski definition) is 1. The van der Waals surface area contributed by atoms with E-state index in [2.05, 4.69) is 0 Å². The molecule has 0 saturated carbocycles. The minimum absolute atomic E-state index is 0.162. The van der Waals surface area contributed by atoms with Gasteiger partial charge in [0, 0.05) is 12.7 Å². The molecule has 16 heavy (non-hydrogen) atoms. The van der Waals surface area contributed by atoms with E-state index in [9.17, 15) is 22.8 Å². The van der Waals surface area contributed by atoms with E-state index in [0.29, 0.717) is 12.6 Å². The average molecular weight is 236 g/mol. The van der Waals surface area contributed by atoms with Crippen molar-refractivity contribution < 1.29 is 13.2 Å². The Bertz CT molecular complexity index is 473. The van der Waals surface area contributed by atoms with Crippen molar-refractivity contribution in [2.45, 2.75) is 32.5 Å². The Kier molecular flexibility index (Phi) is 3.56. The third kappa shape index (κ3) is 2.74. The van der Waals surface area contributed by atoms with Gasteiger partial charge in [0.2, 0.25) is 0 Å². The van der Waals surface area contributed by atoms with Crippen LogP contribution in [0.25, 0.3) is 0 Å². The van der Waals surface area contributed by atoms with Crippen LogP contribution in [0.5, 0.6) is 0 Å². The van der Waals surface area contributed by atoms with Crippen molar-refractivity contribution in [1.82, 2.24) is 9.55 Å². The number of alkyl halides is 3. The summed E-state index contributed by atoms with van der Waals surface area (Å²) in [5, 5.41) is 0. The highest BCUT2D eigenvalue weighted by Crippen LogP contribution is 2.25. The standard InChI is InChI=1S/C9H11F3N2O2/c1-2-3-4-14-5-6(9(10,11)12)7(15)13-8(14)16/h5H,2-4H2,1H3,(H,13,15,16). The smallest absolute Gasteiger partial charge is 0.300 e. The summed E-state index contributed by atoms with van der Waals surface area (Å²) in [4.78, 5) is 23.7. The Morgan fingerprint density at radius 1 is 1.38 bits per heavy atom. The summed E-state index contributed by atoms with van der Waals surface area (Å²) in [5.41, 5.74) is -3.56. The molecular formula is C9H11F3N2O2. The summed E-state index contributed by atoms with van der Waals surface area (Å²) in [5.74, 6) is 0. The summed E-state index contributed by atoms with van der Waals surface area (Å²) in [6.07, 6.45) is -2.86. The summed E-state index contributed by atoms with van der Waals surface area (Å²) in [6, 6.07) is 0. The maximum atomic E-state index is 12.3. The highest BCUT2D eigenvalue weighted by atomic mass is 19.4. The van der Waals surface area contributed by atoms with Gasteiger partial charge in [0.15, 0.2) is 0 Å². The van der Waals surface area contributed by atoms with Crippen molar-refractivity contribution in [3.63, 3.8) is 0 Å². The van der Waals surface area contributed by atoms with E-state index in [-0.39, 0.29) is 6.54 Å². The van der Waals surface area contributed by atoms with Crippen LogP contribution in [0, 0.1) is 0 Å². The Morgan fingerprint density at radius 2 is 2.00 bits per heavy atom. The van der Waals surface area contributed by atoms with Crippen LogP contribution in [0.4, 0.5) is 13.2 Å². The Hall–Kier alpha value is -1.53. The monoisotopic (exact) mass is 236 g/mol. The van der Waals surface area contributed by atoms with Gasteiger partial charge in [0.1, 0.15) is 5.56 Å². The molecular weight excluding hydrogens is 225 g/mol. The van der Waals surface area contributed by atoms with Gasteiger partial charge in [-0.05, 0) is 6.42 Å². The van der Waals surface area contributed by atoms with E-state index in [1.807, 2.05) is 6.92 Å². The zero-order valence-electron chi connectivity index (χ0n) is 8.60. The molecule has 0 amide bonds. The van der Waals surface area contributed by atoms with Gasteiger partial charge >= 0.3 is 11.9 Å². The van der Waals surface area contributed by atoms with Crippen molar-refractivity contribution in [1.29, 1.82) is 0 Å². The van der Waals surface area contributed by atoms with Gasteiger partial charge in [-0.25, -0.2) is 4.79 Å². The topological polar surface area (TPSA) is 54.9 Å². The summed E-state index contributed by atoms with van der Waals surface area (Å²) in [7, 11) is 0. The minimum atomic E-state index is -4.74. The third-order valence-electron chi connectivity index (χ3n) is 2.07. The fourth-order valence-electron chi connectivity index (χ4n) is 1.21. The van der Waals surface area contributed by atoms with Crippen molar-refractivity contribution in [3.8, 4) is 0 Å². The lowest BCUT2D eigenvalue weighted by Gasteiger charge is -2.08. The number of aromatic nitrogens is 2. The van der Waals surface area contributed by atoms with Crippen LogP contribution >= 0.6 is 0 Å². The molecule has 7 heteroatoms. The zero-order chi connectivity index (χ0) is 12.3. The molecule has 0 aromatic carbocycles. The molecule has 1 rings (SSSR count). The van der Waals surface area contributed by atoms with E-state index >= 15 is 0 Å². The molecule has 1 N–H and O–H groups in total. The normalized spacial score (nSPS) is 11.8. The maximum absolute atomic E-state index is 12.3. The van der Waals surface area contributed by atoms with Crippen molar-refractivity contribution in [3.05, 3.63) is 32.6 Å². The number of aromatic amines is 1. The van der Waals surface area contributed by atoms with E-state index in [0.717, 1.165) is 11.0 Å². The number of unbranched alkanes of at least 4 members (excludes halogenated alkanes) is 1. The molecule has 0 unspecified atom stereocenters. The second-order valence-corrected chi connectivity index (χ2v) is 3.35. The maximum Gasteiger partial charge on any atom is 0.423 e. The largest absolute Gasteiger partial charge is 0.423 e. The lowest BCUT2D eigenvalue weighted by Crippen LogP contribution is -2.34. The van der Waals surface area contributed by atoms with Gasteiger partial charge in [0.25, 0.3) is 5.56 Å². The number of rotatable bonds is 3. The molecule has 0 atom stereocenters. The quantitative estimate of drug-likeness (QED) is 0.861. The van der Waals surface area contributed by atoms with Crippen LogP contribution in [-0.2, 0) is 12.7 Å². The number of aryl methyl sites for hydroxylation is 1. The molecule has 0 saturated heterocycles. The van der Waals surface area contributed by atoms with Crippen LogP contribution in [0.2, 0.25) is 0 Å². The number of nitrogens with zero attached hydrogens (tertiary/aromatic N) is 1. The van der Waals surface area contributed by atoms with Gasteiger partial charge in [0.05, 0.1) is 0 Å². The molecule has 0 aliphatic heterocycles. The molecule has 90 valence electrons. The van der Waals surface area contributed by atoms with E-state index in [1.165, 1.54) is 0 Å². The summed E-state index contributed by atoms with van der Waals surface area (Å²) < 4.78 is 37.9. The van der Waals surface area contributed by atoms with Crippen LogP contribution in [0.1, 0.15) is 25.3 Å². The lowest BCUT2D eigenvalue weighted by atomic mass is 10.3. The van der Waals surface area contributed by atoms with Crippen molar-refractivity contribution >= 4 is 0 Å². The SMILES string of the molecule is CCCCn1cc(C(F)(F)F)c(=O)[nH]c1=O. The number of nitrogens with one attached hydrogen (secondary N) is 1. The van der Waals surface area contributed by atoms with Gasteiger partial charge in [-0.2, -0.15) is 13.2 Å². The number of hydrogen-bond acceptors (Lipinski definition) is 2. The average Bonchev–Trinajstić information content (AvgIpc) is 2.14. The fraction of sp³-hybridized carbons (Fsp3) is 0.556. The van der Waals surface area contributed by atoms with E-state index in [4.69, 9.17) is 0 Å². The van der Waals surface area contributed by atoms with Crippen LogP contribution < -0.4 is 11.2 Å². The highest BCUT2D eigenvalue weighted by Gasteiger charge is 2.34. The lowest BCUT2D eigenvalue weighted by molar-refractivity contribution is -0.139. The molecule has 1 heterocycles. The van der Waals surface area contributed by atoms with Gasteiger partial charge in [-0.3, -0.25) is 14.3 Å². The number of H-pyrrole nitrogens is 1. The minimum Gasteiger partial charge on any atom is -0.300 e. The first-order chi connectivity index (χ1) is 7.36. The Balaban J connectivity index is 3.23. The van der Waals surface area contributed by atoms with Crippen molar-refractivity contribution in [2.24, 2.45) is 0 Å². The molecule has 0 aliphatic rings.